The van der Waals surface area contributed by atoms with Crippen molar-refractivity contribution < 1.29 is 24.2 Å². The van der Waals surface area contributed by atoms with Gasteiger partial charge in [0.25, 0.3) is 0 Å². The zero-order chi connectivity index (χ0) is 28.8. The first-order valence-electron chi connectivity index (χ1n) is 14.0. The minimum absolute atomic E-state index is 0.0159. The van der Waals surface area contributed by atoms with E-state index in [2.05, 4.69) is 15.6 Å². The van der Waals surface area contributed by atoms with Crippen LogP contribution in [0.5, 0.6) is 17.2 Å². The number of nitrogens with one attached hydrogen (secondary N) is 1. The number of ether oxygens (including phenoxy) is 2. The number of hydrogen-bond donors (Lipinski definition) is 2. The number of phenols is 1. The first-order chi connectivity index (χ1) is 20.0. The van der Waals surface area contributed by atoms with Gasteiger partial charge in [-0.3, -0.25) is 14.5 Å². The lowest BCUT2D eigenvalue weighted by molar-refractivity contribution is -0.127. The minimum Gasteiger partial charge on any atom is -0.504 e. The lowest BCUT2D eigenvalue weighted by Gasteiger charge is -2.33. The van der Waals surface area contributed by atoms with Crippen LogP contribution in [0.3, 0.4) is 0 Å². The minimum atomic E-state index is -1.08. The Morgan fingerprint density at radius 2 is 1.83 bits per heavy atom. The molecule has 1 aromatic heterocycles. The monoisotopic (exact) mass is 557 g/mol. The summed E-state index contributed by atoms with van der Waals surface area (Å²) in [6.07, 6.45) is 4.99. The van der Waals surface area contributed by atoms with Gasteiger partial charge in [0.2, 0.25) is 11.8 Å². The third-order valence-electron chi connectivity index (χ3n) is 7.38. The SMILES string of the molecule is CCOc1ccc(N(C(=O)Cn2nnc3ccccc32)[C@H](C(=O)NC2CCCCC2)c2ccc(OC)c(O)c2)cc1. The number of aromatic nitrogens is 3. The summed E-state index contributed by atoms with van der Waals surface area (Å²) in [5.41, 5.74) is 2.32. The van der Waals surface area contributed by atoms with Gasteiger partial charge >= 0.3 is 0 Å². The molecule has 0 unspecified atom stereocenters. The standard InChI is InChI=1S/C31H35N5O5/c1-3-41-24-16-14-23(15-17-24)36(29(38)20-35-26-12-8-7-11-25(26)33-34-35)30(21-13-18-28(40-2)27(37)19-21)31(39)32-22-9-5-4-6-10-22/h7-8,11-19,22,30,37H,3-6,9-10,20H2,1-2H3,(H,32,39)/t30-/m0/s1. The van der Waals surface area contributed by atoms with Crippen molar-refractivity contribution in [1.29, 1.82) is 0 Å². The Hall–Kier alpha value is -4.60. The van der Waals surface area contributed by atoms with Gasteiger partial charge in [0, 0.05) is 11.7 Å². The van der Waals surface area contributed by atoms with Crippen LogP contribution in [0.1, 0.15) is 50.6 Å². The molecule has 4 aromatic rings. The summed E-state index contributed by atoms with van der Waals surface area (Å²) in [4.78, 5) is 29.8. The van der Waals surface area contributed by atoms with Gasteiger partial charge in [0.15, 0.2) is 11.5 Å². The van der Waals surface area contributed by atoms with Crippen molar-refractivity contribution >= 4 is 28.5 Å². The van der Waals surface area contributed by atoms with Crippen LogP contribution in [0, 0.1) is 0 Å². The number of carbonyl (C=O) groups is 2. The van der Waals surface area contributed by atoms with Crippen LogP contribution < -0.4 is 19.7 Å². The highest BCUT2D eigenvalue weighted by Gasteiger charge is 2.35. The number of aromatic hydroxyl groups is 1. The average molecular weight is 558 g/mol. The Morgan fingerprint density at radius 3 is 2.54 bits per heavy atom. The number of anilines is 1. The second-order valence-electron chi connectivity index (χ2n) is 10.1. The highest BCUT2D eigenvalue weighted by molar-refractivity contribution is 6.01. The molecule has 10 heteroatoms. The number of nitrogens with zero attached hydrogens (tertiary/aromatic N) is 4. The number of rotatable bonds is 10. The molecule has 0 radical (unpaired) electrons. The molecule has 2 amide bonds. The van der Waals surface area contributed by atoms with Crippen molar-refractivity contribution in [2.24, 2.45) is 0 Å². The zero-order valence-electron chi connectivity index (χ0n) is 23.3. The third-order valence-corrected chi connectivity index (χ3v) is 7.38. The summed E-state index contributed by atoms with van der Waals surface area (Å²) in [5.74, 6) is 0.0994. The molecule has 214 valence electrons. The first-order valence-corrected chi connectivity index (χ1v) is 14.0. The average Bonchev–Trinajstić information content (AvgIpc) is 3.39. The molecule has 10 nitrogen and oxygen atoms in total. The smallest absolute Gasteiger partial charge is 0.249 e. The van der Waals surface area contributed by atoms with Gasteiger partial charge in [-0.15, -0.1) is 5.10 Å². The van der Waals surface area contributed by atoms with E-state index in [4.69, 9.17) is 9.47 Å². The van der Waals surface area contributed by atoms with Crippen molar-refractivity contribution in [1.82, 2.24) is 20.3 Å². The molecule has 3 aromatic carbocycles. The van der Waals surface area contributed by atoms with E-state index in [1.54, 1.807) is 36.4 Å². The number of amides is 2. The predicted octanol–water partition coefficient (Wildman–Crippen LogP) is 4.77. The highest BCUT2D eigenvalue weighted by Crippen LogP contribution is 2.35. The van der Waals surface area contributed by atoms with E-state index in [0.29, 0.717) is 34.6 Å². The van der Waals surface area contributed by atoms with Crippen molar-refractivity contribution in [3.63, 3.8) is 0 Å². The maximum absolute atomic E-state index is 14.2. The van der Waals surface area contributed by atoms with Gasteiger partial charge in [-0.2, -0.15) is 0 Å². The molecular weight excluding hydrogens is 522 g/mol. The maximum Gasteiger partial charge on any atom is 0.249 e. The zero-order valence-corrected chi connectivity index (χ0v) is 23.3. The highest BCUT2D eigenvalue weighted by atomic mass is 16.5. The molecule has 1 heterocycles. The van der Waals surface area contributed by atoms with E-state index in [9.17, 15) is 14.7 Å². The number of benzene rings is 3. The number of carbonyl (C=O) groups excluding carboxylic acids is 2. The Kier molecular flexibility index (Phi) is 8.67. The van der Waals surface area contributed by atoms with Gasteiger partial charge in [-0.05, 0) is 73.9 Å². The number of fused-ring (bicyclic) bond motifs is 1. The van der Waals surface area contributed by atoms with Gasteiger partial charge in [-0.1, -0.05) is 42.7 Å². The Balaban J connectivity index is 1.58. The molecule has 2 N–H and O–H groups in total. The van der Waals surface area contributed by atoms with E-state index in [1.165, 1.54) is 22.8 Å². The van der Waals surface area contributed by atoms with Gasteiger partial charge in [0.1, 0.15) is 23.9 Å². The molecule has 1 atom stereocenters. The Labute approximate surface area is 238 Å². The maximum atomic E-state index is 14.2. The predicted molar refractivity (Wildman–Crippen MR) is 155 cm³/mol. The summed E-state index contributed by atoms with van der Waals surface area (Å²) in [6.45, 7) is 2.25. The number of para-hydroxylation sites is 1. The molecule has 1 saturated carbocycles. The van der Waals surface area contributed by atoms with E-state index in [0.717, 1.165) is 32.1 Å². The van der Waals surface area contributed by atoms with Crippen LogP contribution in [0.25, 0.3) is 11.0 Å². The van der Waals surface area contributed by atoms with E-state index in [1.807, 2.05) is 31.2 Å². The van der Waals surface area contributed by atoms with Crippen LogP contribution in [0.4, 0.5) is 5.69 Å². The van der Waals surface area contributed by atoms with E-state index >= 15 is 0 Å². The second kappa shape index (κ2) is 12.7. The molecule has 0 bridgehead atoms. The van der Waals surface area contributed by atoms with E-state index < -0.39 is 6.04 Å². The van der Waals surface area contributed by atoms with Crippen LogP contribution in [0.15, 0.2) is 66.7 Å². The van der Waals surface area contributed by atoms with Crippen molar-refractivity contribution in [2.75, 3.05) is 18.6 Å². The summed E-state index contributed by atoms with van der Waals surface area (Å²) in [7, 11) is 1.46. The van der Waals surface area contributed by atoms with Crippen LogP contribution in [-0.4, -0.2) is 51.7 Å². The van der Waals surface area contributed by atoms with Crippen LogP contribution >= 0.6 is 0 Å². The molecule has 0 saturated heterocycles. The fourth-order valence-corrected chi connectivity index (χ4v) is 5.37. The topological polar surface area (TPSA) is 119 Å². The fourth-order valence-electron chi connectivity index (χ4n) is 5.37. The summed E-state index contributed by atoms with van der Waals surface area (Å²) < 4.78 is 12.4. The normalized spacial score (nSPS) is 14.4. The largest absolute Gasteiger partial charge is 0.504 e. The molecule has 1 aliphatic rings. The fraction of sp³-hybridized carbons (Fsp3) is 0.355. The first kappa shape index (κ1) is 27.9. The third kappa shape index (κ3) is 6.26. The van der Waals surface area contributed by atoms with Crippen LogP contribution in [-0.2, 0) is 16.1 Å². The number of phenolic OH excluding ortho intramolecular Hbond substituents is 1. The van der Waals surface area contributed by atoms with Gasteiger partial charge in [-0.25, -0.2) is 4.68 Å². The second-order valence-corrected chi connectivity index (χ2v) is 10.1. The molecular formula is C31H35N5O5. The summed E-state index contributed by atoms with van der Waals surface area (Å²) in [6, 6.07) is 18.2. The van der Waals surface area contributed by atoms with Crippen LogP contribution in [0.2, 0.25) is 0 Å². The molecule has 0 spiro atoms. The lowest BCUT2D eigenvalue weighted by Crippen LogP contribution is -2.48. The summed E-state index contributed by atoms with van der Waals surface area (Å²) in [5, 5.41) is 22.2. The molecule has 0 aliphatic heterocycles. The summed E-state index contributed by atoms with van der Waals surface area (Å²) >= 11 is 0. The molecule has 41 heavy (non-hydrogen) atoms. The lowest BCUT2D eigenvalue weighted by atomic mass is 9.94. The molecule has 1 aliphatic carbocycles. The van der Waals surface area contributed by atoms with Gasteiger partial charge in [0.05, 0.1) is 19.2 Å². The molecule has 1 fully saturated rings. The number of hydrogen-bond acceptors (Lipinski definition) is 7. The van der Waals surface area contributed by atoms with Gasteiger partial charge < -0.3 is 19.9 Å². The van der Waals surface area contributed by atoms with Crippen molar-refractivity contribution in [3.8, 4) is 17.2 Å². The number of methoxy groups -OCH3 is 1. The Bertz CT molecular complexity index is 1500. The Morgan fingerprint density at radius 1 is 1.07 bits per heavy atom. The molecule has 5 rings (SSSR count). The van der Waals surface area contributed by atoms with Crippen molar-refractivity contribution in [3.05, 3.63) is 72.3 Å². The van der Waals surface area contributed by atoms with E-state index in [-0.39, 0.29) is 35.9 Å². The van der Waals surface area contributed by atoms with Crippen molar-refractivity contribution in [2.45, 2.75) is 57.7 Å². The quantitative estimate of drug-likeness (QED) is 0.288.